The van der Waals surface area contributed by atoms with Gasteiger partial charge in [-0.3, -0.25) is 19.6 Å². The lowest BCUT2D eigenvalue weighted by atomic mass is 9.92. The van der Waals surface area contributed by atoms with Gasteiger partial charge in [0.15, 0.2) is 5.60 Å². The number of alkyl halides is 3. The number of carbonyl (C=O) groups is 1. The summed E-state index contributed by atoms with van der Waals surface area (Å²) in [7, 11) is 0. The molecular formula is C31H36F3N3O3. The van der Waals surface area contributed by atoms with Crippen molar-refractivity contribution in [2.75, 3.05) is 19.6 Å². The normalized spacial score (nSPS) is 18.5. The number of hydrogen-bond donors (Lipinski definition) is 1. The molecule has 0 aliphatic carbocycles. The number of aliphatic hydroxyl groups is 1. The van der Waals surface area contributed by atoms with Gasteiger partial charge in [0.2, 0.25) is 0 Å². The summed E-state index contributed by atoms with van der Waals surface area (Å²) >= 11 is 0. The molecule has 1 saturated heterocycles. The summed E-state index contributed by atoms with van der Waals surface area (Å²) < 4.78 is 45.3. The zero-order valence-electron chi connectivity index (χ0n) is 23.3. The van der Waals surface area contributed by atoms with Crippen molar-refractivity contribution in [3.05, 3.63) is 89.2 Å². The Kier molecular flexibility index (Phi) is 8.97. The summed E-state index contributed by atoms with van der Waals surface area (Å²) in [5, 5.41) is 9.96. The molecule has 0 radical (unpaired) electrons. The minimum absolute atomic E-state index is 0.208. The molecule has 40 heavy (non-hydrogen) atoms. The third kappa shape index (κ3) is 6.89. The van der Waals surface area contributed by atoms with Gasteiger partial charge in [-0.05, 0) is 73.2 Å². The quantitative estimate of drug-likeness (QED) is 0.372. The van der Waals surface area contributed by atoms with Crippen molar-refractivity contribution in [2.24, 2.45) is 0 Å². The van der Waals surface area contributed by atoms with Gasteiger partial charge >= 0.3 is 12.1 Å². The number of esters is 1. The Labute approximate surface area is 233 Å². The van der Waals surface area contributed by atoms with Crippen LogP contribution < -0.4 is 0 Å². The molecule has 2 atom stereocenters. The zero-order chi connectivity index (χ0) is 29.1. The van der Waals surface area contributed by atoms with Gasteiger partial charge in [0.1, 0.15) is 6.04 Å². The van der Waals surface area contributed by atoms with Crippen molar-refractivity contribution in [1.82, 2.24) is 14.8 Å². The van der Waals surface area contributed by atoms with Gasteiger partial charge in [0.25, 0.3) is 0 Å². The van der Waals surface area contributed by atoms with Crippen LogP contribution in [0.1, 0.15) is 43.0 Å². The van der Waals surface area contributed by atoms with E-state index in [0.717, 1.165) is 47.8 Å². The molecule has 2 heterocycles. The average molecular weight is 556 g/mol. The van der Waals surface area contributed by atoms with Gasteiger partial charge < -0.3 is 9.84 Å². The van der Waals surface area contributed by atoms with Crippen molar-refractivity contribution >= 4 is 5.97 Å². The monoisotopic (exact) mass is 555 g/mol. The first kappa shape index (κ1) is 29.7. The zero-order valence-corrected chi connectivity index (χ0v) is 23.3. The Morgan fingerprint density at radius 3 is 2.30 bits per heavy atom. The van der Waals surface area contributed by atoms with Gasteiger partial charge in [-0.2, -0.15) is 13.2 Å². The first-order valence-corrected chi connectivity index (χ1v) is 13.4. The highest BCUT2D eigenvalue weighted by Gasteiger charge is 2.51. The molecule has 214 valence electrons. The Bertz CT molecular complexity index is 1290. The van der Waals surface area contributed by atoms with Crippen LogP contribution in [0.4, 0.5) is 13.2 Å². The number of halogens is 3. The maximum absolute atomic E-state index is 13.2. The SMILES string of the molecule is Cc1cc(CN2CCN(Cc3ccncc3)CC2C(=O)OC(C)C)ccc1-c1ccc(C(C)(O)C(F)(F)F)cc1. The number of carbonyl (C=O) groups excluding carboxylic acids is 1. The predicted octanol–water partition coefficient (Wildman–Crippen LogP) is 5.46. The summed E-state index contributed by atoms with van der Waals surface area (Å²) in [6, 6.07) is 15.3. The molecule has 4 rings (SSSR count). The van der Waals surface area contributed by atoms with Crippen LogP contribution in [0.5, 0.6) is 0 Å². The molecule has 1 fully saturated rings. The van der Waals surface area contributed by atoms with E-state index in [1.54, 1.807) is 24.5 Å². The summed E-state index contributed by atoms with van der Waals surface area (Å²) in [5.41, 5.74) is 1.66. The molecule has 1 aliphatic heterocycles. The predicted molar refractivity (Wildman–Crippen MR) is 147 cm³/mol. The Morgan fingerprint density at radius 1 is 1.02 bits per heavy atom. The van der Waals surface area contributed by atoms with E-state index < -0.39 is 17.8 Å². The van der Waals surface area contributed by atoms with E-state index in [1.165, 1.54) is 12.1 Å². The molecule has 1 N–H and O–H groups in total. The average Bonchev–Trinajstić information content (AvgIpc) is 2.89. The smallest absolute Gasteiger partial charge is 0.421 e. The second-order valence-corrected chi connectivity index (χ2v) is 10.9. The number of ether oxygens (including phenoxy) is 1. The van der Waals surface area contributed by atoms with E-state index in [2.05, 4.69) is 14.8 Å². The first-order valence-electron chi connectivity index (χ1n) is 13.4. The number of aryl methyl sites for hydroxylation is 1. The summed E-state index contributed by atoms with van der Waals surface area (Å²) in [6.07, 6.45) is -1.45. The fraction of sp³-hybridized carbons (Fsp3) is 0.419. The van der Waals surface area contributed by atoms with Gasteiger partial charge in [0.05, 0.1) is 6.10 Å². The van der Waals surface area contributed by atoms with Crippen LogP contribution in [0.2, 0.25) is 0 Å². The van der Waals surface area contributed by atoms with E-state index in [4.69, 9.17) is 4.74 Å². The number of hydrogen-bond acceptors (Lipinski definition) is 6. The molecule has 0 spiro atoms. The van der Waals surface area contributed by atoms with Crippen LogP contribution >= 0.6 is 0 Å². The number of benzene rings is 2. The van der Waals surface area contributed by atoms with Crippen molar-refractivity contribution in [2.45, 2.75) is 64.7 Å². The maximum Gasteiger partial charge on any atom is 0.421 e. The van der Waals surface area contributed by atoms with Gasteiger partial charge in [-0.1, -0.05) is 42.5 Å². The van der Waals surface area contributed by atoms with Crippen molar-refractivity contribution in [1.29, 1.82) is 0 Å². The maximum atomic E-state index is 13.2. The van der Waals surface area contributed by atoms with Crippen molar-refractivity contribution in [3.8, 4) is 11.1 Å². The number of rotatable bonds is 8. The van der Waals surface area contributed by atoms with Crippen molar-refractivity contribution in [3.63, 3.8) is 0 Å². The Hall–Kier alpha value is -3.27. The van der Waals surface area contributed by atoms with E-state index in [0.29, 0.717) is 19.6 Å². The molecule has 0 saturated carbocycles. The minimum atomic E-state index is -4.77. The lowest BCUT2D eigenvalue weighted by molar-refractivity contribution is -0.258. The van der Waals surface area contributed by atoms with Crippen LogP contribution in [0, 0.1) is 6.92 Å². The fourth-order valence-electron chi connectivity index (χ4n) is 5.01. The van der Waals surface area contributed by atoms with Crippen LogP contribution in [-0.2, 0) is 28.2 Å². The molecule has 2 aromatic carbocycles. The number of aromatic nitrogens is 1. The van der Waals surface area contributed by atoms with Gasteiger partial charge in [0, 0.05) is 45.1 Å². The number of piperazine rings is 1. The summed E-state index contributed by atoms with van der Waals surface area (Å²) in [4.78, 5) is 21.6. The fourth-order valence-corrected chi connectivity index (χ4v) is 5.01. The molecule has 1 aromatic heterocycles. The largest absolute Gasteiger partial charge is 0.462 e. The van der Waals surface area contributed by atoms with Gasteiger partial charge in [-0.15, -0.1) is 0 Å². The molecule has 2 unspecified atom stereocenters. The highest BCUT2D eigenvalue weighted by atomic mass is 19.4. The van der Waals surface area contributed by atoms with Crippen LogP contribution in [0.15, 0.2) is 67.0 Å². The lowest BCUT2D eigenvalue weighted by Crippen LogP contribution is -2.56. The highest BCUT2D eigenvalue weighted by Crippen LogP contribution is 2.39. The molecule has 3 aromatic rings. The van der Waals surface area contributed by atoms with E-state index >= 15 is 0 Å². The first-order chi connectivity index (χ1) is 18.8. The minimum Gasteiger partial charge on any atom is -0.462 e. The molecule has 1 aliphatic rings. The molecule has 6 nitrogen and oxygen atoms in total. The van der Waals surface area contributed by atoms with E-state index in [9.17, 15) is 23.1 Å². The summed E-state index contributed by atoms with van der Waals surface area (Å²) in [6.45, 7) is 9.75. The van der Waals surface area contributed by atoms with Crippen LogP contribution in [0.25, 0.3) is 11.1 Å². The molecule has 0 amide bonds. The third-order valence-electron chi connectivity index (χ3n) is 7.34. The number of nitrogens with zero attached hydrogens (tertiary/aromatic N) is 3. The van der Waals surface area contributed by atoms with Crippen LogP contribution in [0.3, 0.4) is 0 Å². The Balaban J connectivity index is 1.49. The van der Waals surface area contributed by atoms with Crippen LogP contribution in [-0.4, -0.2) is 63.8 Å². The van der Waals surface area contributed by atoms with Gasteiger partial charge in [-0.25, -0.2) is 0 Å². The second-order valence-electron chi connectivity index (χ2n) is 10.9. The van der Waals surface area contributed by atoms with Crippen molar-refractivity contribution < 1.29 is 27.8 Å². The molecule has 9 heteroatoms. The topological polar surface area (TPSA) is 65.9 Å². The Morgan fingerprint density at radius 2 is 1.70 bits per heavy atom. The highest BCUT2D eigenvalue weighted by molar-refractivity contribution is 5.76. The third-order valence-corrected chi connectivity index (χ3v) is 7.34. The second kappa shape index (κ2) is 12.1. The number of pyridine rings is 1. The molecule has 0 bridgehead atoms. The standard InChI is InChI=1S/C31H36F3N3O3/c1-21(2)40-29(38)28-20-36(18-23-11-13-35-14-12-23)15-16-37(28)19-24-5-10-27(22(3)17-24)25-6-8-26(9-7-25)30(4,39)31(32,33)34/h5-14,17,21,28,39H,15-16,18-20H2,1-4H3. The summed E-state index contributed by atoms with van der Waals surface area (Å²) in [5.74, 6) is -0.238. The van der Waals surface area contributed by atoms with E-state index in [-0.39, 0.29) is 17.6 Å². The lowest BCUT2D eigenvalue weighted by Gasteiger charge is -2.40. The molecular weight excluding hydrogens is 519 g/mol. The van der Waals surface area contributed by atoms with E-state index in [1.807, 2.05) is 51.1 Å².